The number of fused-ring (bicyclic) bond motifs is 3. The Morgan fingerprint density at radius 1 is 0.978 bits per heavy atom. The molecule has 228 valence electrons. The van der Waals surface area contributed by atoms with E-state index in [0.29, 0.717) is 49.0 Å². The summed E-state index contributed by atoms with van der Waals surface area (Å²) in [7, 11) is 0. The molecule has 0 spiro atoms. The number of nitrogens with two attached hydrogens (primary N) is 1. The first-order chi connectivity index (χ1) is 21.8. The lowest BCUT2D eigenvalue weighted by Crippen LogP contribution is -2.31. The predicted molar refractivity (Wildman–Crippen MR) is 168 cm³/mol. The number of carbonyl (C=O) groups is 3. The van der Waals surface area contributed by atoms with Crippen LogP contribution in [0.4, 0.5) is 32.5 Å². The van der Waals surface area contributed by atoms with E-state index in [-0.39, 0.29) is 18.0 Å². The van der Waals surface area contributed by atoms with Gasteiger partial charge in [-0.05, 0) is 55.3 Å². The number of aromatic nitrogens is 2. The number of hydrogen-bond acceptors (Lipinski definition) is 8. The Bertz CT molecular complexity index is 1810. The van der Waals surface area contributed by atoms with Crippen LogP contribution in [-0.2, 0) is 11.3 Å². The van der Waals surface area contributed by atoms with Crippen LogP contribution >= 0.6 is 0 Å². The van der Waals surface area contributed by atoms with Gasteiger partial charge in [-0.2, -0.15) is 0 Å². The van der Waals surface area contributed by atoms with Crippen molar-refractivity contribution in [3.63, 3.8) is 0 Å². The van der Waals surface area contributed by atoms with Crippen LogP contribution in [0.1, 0.15) is 37.0 Å². The number of urea groups is 1. The van der Waals surface area contributed by atoms with Gasteiger partial charge in [0.05, 0.1) is 23.8 Å². The van der Waals surface area contributed by atoms with Gasteiger partial charge in [-0.1, -0.05) is 12.1 Å². The van der Waals surface area contributed by atoms with Gasteiger partial charge in [-0.15, -0.1) is 0 Å². The van der Waals surface area contributed by atoms with E-state index >= 15 is 0 Å². The lowest BCUT2D eigenvalue weighted by atomic mass is 9.94. The molecule has 0 saturated carbocycles. The van der Waals surface area contributed by atoms with E-state index in [4.69, 9.17) is 15.2 Å². The largest absolute Gasteiger partial charge is 0.485 e. The van der Waals surface area contributed by atoms with Crippen LogP contribution < -0.4 is 30.3 Å². The number of benzene rings is 2. The Hall–Kier alpha value is -5.65. The Morgan fingerprint density at radius 3 is 2.60 bits per heavy atom. The van der Waals surface area contributed by atoms with Gasteiger partial charge < -0.3 is 30.3 Å². The number of ether oxygens (including phenoxy) is 2. The van der Waals surface area contributed by atoms with Crippen LogP contribution in [-0.4, -0.2) is 52.5 Å². The third kappa shape index (κ3) is 5.57. The van der Waals surface area contributed by atoms with E-state index in [1.165, 1.54) is 0 Å². The molecule has 12 heteroatoms. The van der Waals surface area contributed by atoms with Crippen LogP contribution in [0.3, 0.4) is 0 Å². The normalized spacial score (nSPS) is 17.2. The molecule has 0 aliphatic carbocycles. The molecule has 3 N–H and O–H groups in total. The highest BCUT2D eigenvalue weighted by Crippen LogP contribution is 2.44. The highest BCUT2D eigenvalue weighted by Gasteiger charge is 2.30. The highest BCUT2D eigenvalue weighted by molar-refractivity contribution is 5.96. The second-order valence-electron chi connectivity index (χ2n) is 11.2. The van der Waals surface area contributed by atoms with Crippen molar-refractivity contribution in [2.24, 2.45) is 5.73 Å². The highest BCUT2D eigenvalue weighted by atomic mass is 16.5. The predicted octanol–water partition coefficient (Wildman–Crippen LogP) is 5.37. The fraction of sp³-hybridized carbons (Fsp3) is 0.242. The molecule has 3 aliphatic heterocycles. The first kappa shape index (κ1) is 28.1. The van der Waals surface area contributed by atoms with Gasteiger partial charge in [0.2, 0.25) is 5.91 Å². The first-order valence-electron chi connectivity index (χ1n) is 14.8. The molecule has 2 aromatic carbocycles. The van der Waals surface area contributed by atoms with Crippen molar-refractivity contribution in [2.75, 3.05) is 34.8 Å². The van der Waals surface area contributed by atoms with Crippen LogP contribution in [0.5, 0.6) is 11.5 Å². The zero-order valence-electron chi connectivity index (χ0n) is 24.6. The van der Waals surface area contributed by atoms with E-state index in [1.54, 1.807) is 46.5 Å². The monoisotopic (exact) mass is 605 g/mol. The van der Waals surface area contributed by atoms with E-state index in [0.717, 1.165) is 46.7 Å². The van der Waals surface area contributed by atoms with Crippen molar-refractivity contribution in [2.45, 2.75) is 32.4 Å². The standard InChI is InChI=1S/C33H31N7O5/c1-20-27-15-30(36-18-28(27)26-9-6-23(14-29(26)44-20)39-10-2-3-31(39)41)37-22-13-24(17-35-16-22)40-12-11-38(33(40)43)19-21-4-7-25(8-5-21)45-32(34)42/h4-9,13-18,20H,2-3,10-12,19H2,1H3,(H2,34,42)(H,36,37). The van der Waals surface area contributed by atoms with Gasteiger partial charge in [0, 0.05) is 67.2 Å². The molecule has 1 unspecified atom stereocenters. The van der Waals surface area contributed by atoms with Crippen LogP contribution in [0.2, 0.25) is 0 Å². The average molecular weight is 606 g/mol. The average Bonchev–Trinajstić information content (AvgIpc) is 3.62. The summed E-state index contributed by atoms with van der Waals surface area (Å²) in [5, 5.41) is 3.33. The lowest BCUT2D eigenvalue weighted by molar-refractivity contribution is -0.117. The van der Waals surface area contributed by atoms with Crippen molar-refractivity contribution in [1.82, 2.24) is 14.9 Å². The molecule has 4 aromatic rings. The van der Waals surface area contributed by atoms with Gasteiger partial charge in [0.15, 0.2) is 0 Å². The number of carbonyl (C=O) groups excluding carboxylic acids is 3. The fourth-order valence-corrected chi connectivity index (χ4v) is 6.03. The molecular weight excluding hydrogens is 574 g/mol. The van der Waals surface area contributed by atoms with E-state index in [1.807, 2.05) is 48.4 Å². The maximum Gasteiger partial charge on any atom is 0.409 e. The fourth-order valence-electron chi connectivity index (χ4n) is 6.03. The summed E-state index contributed by atoms with van der Waals surface area (Å²) in [4.78, 5) is 50.8. The van der Waals surface area contributed by atoms with Crippen LogP contribution in [0.25, 0.3) is 11.1 Å². The molecule has 45 heavy (non-hydrogen) atoms. The van der Waals surface area contributed by atoms with Gasteiger partial charge in [-0.25, -0.2) is 14.6 Å². The molecular formula is C33H31N7O5. The minimum atomic E-state index is -0.873. The van der Waals surface area contributed by atoms with E-state index in [9.17, 15) is 14.4 Å². The number of pyridine rings is 2. The van der Waals surface area contributed by atoms with Crippen molar-refractivity contribution < 1.29 is 23.9 Å². The van der Waals surface area contributed by atoms with E-state index < -0.39 is 6.09 Å². The quantitative estimate of drug-likeness (QED) is 0.286. The summed E-state index contributed by atoms with van der Waals surface area (Å²) >= 11 is 0. The zero-order valence-corrected chi connectivity index (χ0v) is 24.6. The molecule has 2 aromatic heterocycles. The molecule has 0 radical (unpaired) electrons. The Kier molecular flexibility index (Phi) is 7.16. The minimum absolute atomic E-state index is 0.125. The van der Waals surface area contributed by atoms with Crippen molar-refractivity contribution >= 4 is 40.9 Å². The second kappa shape index (κ2) is 11.5. The summed E-state index contributed by atoms with van der Waals surface area (Å²) in [6, 6.07) is 16.5. The second-order valence-corrected chi connectivity index (χ2v) is 11.2. The lowest BCUT2D eigenvalue weighted by Gasteiger charge is -2.28. The topological polar surface area (TPSA) is 143 Å². The molecule has 0 bridgehead atoms. The number of nitrogens with zero attached hydrogens (tertiary/aromatic N) is 5. The van der Waals surface area contributed by atoms with Gasteiger partial charge in [0.25, 0.3) is 0 Å². The first-order valence-corrected chi connectivity index (χ1v) is 14.8. The molecule has 2 fully saturated rings. The summed E-state index contributed by atoms with van der Waals surface area (Å²) in [6.07, 6.45) is 5.55. The Labute approximate surface area is 259 Å². The van der Waals surface area contributed by atoms with Crippen molar-refractivity contribution in [3.8, 4) is 22.6 Å². The molecule has 3 aliphatic rings. The number of nitrogens with one attached hydrogen (secondary N) is 1. The number of primary amides is 1. The maximum absolute atomic E-state index is 13.3. The van der Waals surface area contributed by atoms with Gasteiger partial charge >= 0.3 is 12.1 Å². The molecule has 5 heterocycles. The van der Waals surface area contributed by atoms with Gasteiger partial charge in [-0.3, -0.25) is 14.7 Å². The van der Waals surface area contributed by atoms with E-state index in [2.05, 4.69) is 15.3 Å². The molecule has 12 nitrogen and oxygen atoms in total. The van der Waals surface area contributed by atoms with Crippen LogP contribution in [0, 0.1) is 0 Å². The summed E-state index contributed by atoms with van der Waals surface area (Å²) < 4.78 is 11.2. The third-order valence-electron chi connectivity index (χ3n) is 8.24. The molecule has 7 rings (SSSR count). The number of amides is 4. The van der Waals surface area contributed by atoms with Crippen molar-refractivity contribution in [1.29, 1.82) is 0 Å². The number of hydrogen-bond donors (Lipinski definition) is 2. The maximum atomic E-state index is 13.3. The zero-order chi connectivity index (χ0) is 31.1. The smallest absolute Gasteiger partial charge is 0.409 e. The summed E-state index contributed by atoms with van der Waals surface area (Å²) in [5.41, 5.74) is 11.1. The Morgan fingerprint density at radius 2 is 1.82 bits per heavy atom. The summed E-state index contributed by atoms with van der Waals surface area (Å²) in [6.45, 7) is 4.21. The minimum Gasteiger partial charge on any atom is -0.485 e. The molecule has 1 atom stereocenters. The van der Waals surface area contributed by atoms with Crippen LogP contribution in [0.15, 0.2) is 73.2 Å². The third-order valence-corrected chi connectivity index (χ3v) is 8.24. The van der Waals surface area contributed by atoms with Crippen molar-refractivity contribution in [3.05, 3.63) is 84.3 Å². The summed E-state index contributed by atoms with van der Waals surface area (Å²) in [5.74, 6) is 1.86. The number of anilines is 4. The van der Waals surface area contributed by atoms with Gasteiger partial charge in [0.1, 0.15) is 23.4 Å². The molecule has 2 saturated heterocycles. The molecule has 4 amide bonds. The number of rotatable bonds is 7. The SMILES string of the molecule is CC1Oc2cc(N3CCCC3=O)ccc2-c2cnc(Nc3cncc(N4CCN(Cc5ccc(OC(N)=O)cc5)C4=O)c3)cc21. The Balaban J connectivity index is 1.04.